The van der Waals surface area contributed by atoms with Crippen LogP contribution in [0.4, 0.5) is 0 Å². The van der Waals surface area contributed by atoms with Crippen LogP contribution < -0.4 is 23.7 Å². The number of rotatable bonds is 9. The first kappa shape index (κ1) is 26.6. The number of Topliss-reactive ketones (excluding diaryl/α,β-unsaturated/α-hetero) is 1. The molecule has 0 aliphatic carbocycles. The maximum absolute atomic E-state index is 13.5. The SMILES string of the molecule is COc1cc(C2C(=C(O)c3ccc4c(c3)OCO4)C(=O)C(=O)N2CCCN2CCOCC2)cc(OC)c1OC. The van der Waals surface area contributed by atoms with E-state index >= 15 is 0 Å². The summed E-state index contributed by atoms with van der Waals surface area (Å²) in [4.78, 5) is 30.6. The monoisotopic (exact) mass is 540 g/mol. The summed E-state index contributed by atoms with van der Waals surface area (Å²) >= 11 is 0. The predicted molar refractivity (Wildman–Crippen MR) is 140 cm³/mol. The van der Waals surface area contributed by atoms with E-state index in [9.17, 15) is 14.7 Å². The molecule has 1 N–H and O–H groups in total. The summed E-state index contributed by atoms with van der Waals surface area (Å²) in [5.74, 6) is 0.347. The Morgan fingerprint density at radius 1 is 0.949 bits per heavy atom. The molecule has 2 saturated heterocycles. The van der Waals surface area contributed by atoms with Gasteiger partial charge in [-0.1, -0.05) is 0 Å². The number of methoxy groups -OCH3 is 3. The summed E-state index contributed by atoms with van der Waals surface area (Å²) in [6.45, 7) is 4.10. The lowest BCUT2D eigenvalue weighted by Crippen LogP contribution is -2.39. The van der Waals surface area contributed by atoms with Gasteiger partial charge >= 0.3 is 0 Å². The molecule has 1 atom stereocenters. The van der Waals surface area contributed by atoms with Crippen LogP contribution in [0, 0.1) is 0 Å². The summed E-state index contributed by atoms with van der Waals surface area (Å²) in [5, 5.41) is 11.4. The number of benzene rings is 2. The summed E-state index contributed by atoms with van der Waals surface area (Å²) in [7, 11) is 4.48. The van der Waals surface area contributed by atoms with E-state index in [2.05, 4.69) is 4.90 Å². The highest BCUT2D eigenvalue weighted by Crippen LogP contribution is 2.46. The number of nitrogens with zero attached hydrogens (tertiary/aromatic N) is 2. The van der Waals surface area contributed by atoms with Crippen molar-refractivity contribution in [2.24, 2.45) is 0 Å². The Morgan fingerprint density at radius 3 is 2.31 bits per heavy atom. The standard InChI is InChI=1S/C28H32N2O9/c1-34-21-14-18(15-22(35-2)27(21)36-3)24-23(25(31)17-5-6-19-20(13-17)39-16-38-19)26(32)28(33)30(24)8-4-7-29-9-11-37-12-10-29/h5-6,13-15,24,31H,4,7-12,16H2,1-3H3. The van der Waals surface area contributed by atoms with Crippen molar-refractivity contribution < 1.29 is 43.1 Å². The zero-order chi connectivity index (χ0) is 27.5. The highest BCUT2D eigenvalue weighted by molar-refractivity contribution is 6.46. The maximum Gasteiger partial charge on any atom is 0.295 e. The van der Waals surface area contributed by atoms with Crippen molar-refractivity contribution in [3.63, 3.8) is 0 Å². The topological polar surface area (TPSA) is 116 Å². The Kier molecular flexibility index (Phi) is 7.80. The van der Waals surface area contributed by atoms with Gasteiger partial charge in [-0.3, -0.25) is 14.5 Å². The number of hydrogen-bond acceptors (Lipinski definition) is 10. The number of likely N-dealkylation sites (tertiary alicyclic amines) is 1. The molecule has 0 spiro atoms. The molecule has 3 aliphatic rings. The van der Waals surface area contributed by atoms with E-state index in [0.717, 1.165) is 19.6 Å². The lowest BCUT2D eigenvalue weighted by molar-refractivity contribution is -0.140. The Bertz CT molecular complexity index is 1260. The van der Waals surface area contributed by atoms with Crippen LogP contribution in [0.15, 0.2) is 35.9 Å². The van der Waals surface area contributed by atoms with E-state index in [4.69, 9.17) is 28.4 Å². The molecule has 39 heavy (non-hydrogen) atoms. The van der Waals surface area contributed by atoms with E-state index in [1.165, 1.54) is 26.2 Å². The van der Waals surface area contributed by atoms with Gasteiger partial charge in [0.2, 0.25) is 12.5 Å². The Hall–Kier alpha value is -3.96. The van der Waals surface area contributed by atoms with Crippen molar-refractivity contribution in [2.75, 3.05) is 67.5 Å². The number of carbonyl (C=O) groups excluding carboxylic acids is 2. The Labute approximate surface area is 226 Å². The van der Waals surface area contributed by atoms with Gasteiger partial charge in [0.25, 0.3) is 11.7 Å². The maximum atomic E-state index is 13.5. The van der Waals surface area contributed by atoms with E-state index in [1.807, 2.05) is 0 Å². The van der Waals surface area contributed by atoms with E-state index in [1.54, 1.807) is 30.3 Å². The van der Waals surface area contributed by atoms with Crippen molar-refractivity contribution in [2.45, 2.75) is 12.5 Å². The third-order valence-electron chi connectivity index (χ3n) is 7.17. The van der Waals surface area contributed by atoms with E-state index < -0.39 is 17.7 Å². The van der Waals surface area contributed by atoms with Crippen LogP contribution in [-0.2, 0) is 14.3 Å². The molecule has 11 heteroatoms. The van der Waals surface area contributed by atoms with Gasteiger partial charge in [-0.05, 0) is 42.3 Å². The molecule has 0 radical (unpaired) electrons. The van der Waals surface area contributed by atoms with Gasteiger partial charge in [0.1, 0.15) is 5.76 Å². The van der Waals surface area contributed by atoms with Crippen LogP contribution in [-0.4, -0.2) is 94.1 Å². The van der Waals surface area contributed by atoms with Gasteiger partial charge in [-0.25, -0.2) is 0 Å². The highest BCUT2D eigenvalue weighted by atomic mass is 16.7. The smallest absolute Gasteiger partial charge is 0.295 e. The zero-order valence-corrected chi connectivity index (χ0v) is 22.2. The van der Waals surface area contributed by atoms with E-state index in [-0.39, 0.29) is 18.1 Å². The first-order valence-electron chi connectivity index (χ1n) is 12.7. The normalized spacial score (nSPS) is 20.4. The minimum Gasteiger partial charge on any atom is -0.507 e. The molecule has 5 rings (SSSR count). The van der Waals surface area contributed by atoms with Crippen LogP contribution in [0.3, 0.4) is 0 Å². The van der Waals surface area contributed by atoms with Crippen LogP contribution >= 0.6 is 0 Å². The number of hydrogen-bond donors (Lipinski definition) is 1. The first-order valence-corrected chi connectivity index (χ1v) is 12.7. The zero-order valence-electron chi connectivity index (χ0n) is 22.2. The third-order valence-corrected chi connectivity index (χ3v) is 7.17. The second-order valence-electron chi connectivity index (χ2n) is 9.33. The lowest BCUT2D eigenvalue weighted by Gasteiger charge is -2.29. The highest BCUT2D eigenvalue weighted by Gasteiger charge is 2.46. The van der Waals surface area contributed by atoms with Crippen LogP contribution in [0.2, 0.25) is 0 Å². The first-order chi connectivity index (χ1) is 19.0. The average Bonchev–Trinajstić information content (AvgIpc) is 3.54. The fourth-order valence-electron chi connectivity index (χ4n) is 5.21. The van der Waals surface area contributed by atoms with Gasteiger partial charge < -0.3 is 38.4 Å². The third kappa shape index (κ3) is 5.07. The number of ether oxygens (including phenoxy) is 6. The molecule has 3 heterocycles. The number of carbonyl (C=O) groups is 2. The van der Waals surface area contributed by atoms with Crippen molar-refractivity contribution in [3.05, 3.63) is 47.0 Å². The summed E-state index contributed by atoms with van der Waals surface area (Å²) in [6.07, 6.45) is 0.637. The van der Waals surface area contributed by atoms with Crippen molar-refractivity contribution in [1.29, 1.82) is 0 Å². The minimum atomic E-state index is -0.881. The fourth-order valence-corrected chi connectivity index (χ4v) is 5.21. The van der Waals surface area contributed by atoms with Gasteiger partial charge in [0.05, 0.1) is 46.2 Å². The Balaban J connectivity index is 1.57. The molecule has 0 aromatic heterocycles. The van der Waals surface area contributed by atoms with Gasteiger partial charge in [0.15, 0.2) is 23.0 Å². The number of aliphatic hydroxyl groups excluding tert-OH is 1. The average molecular weight is 541 g/mol. The van der Waals surface area contributed by atoms with Gasteiger partial charge in [-0.2, -0.15) is 0 Å². The quantitative estimate of drug-likeness (QED) is 0.289. The van der Waals surface area contributed by atoms with Crippen molar-refractivity contribution in [3.8, 4) is 28.7 Å². The predicted octanol–water partition coefficient (Wildman–Crippen LogP) is 2.59. The van der Waals surface area contributed by atoms with Crippen LogP contribution in [0.1, 0.15) is 23.6 Å². The number of amides is 1. The largest absolute Gasteiger partial charge is 0.507 e. The van der Waals surface area contributed by atoms with Crippen LogP contribution in [0.25, 0.3) is 5.76 Å². The lowest BCUT2D eigenvalue weighted by atomic mass is 9.94. The minimum absolute atomic E-state index is 0.0282. The number of aliphatic hydroxyl groups is 1. The molecule has 3 aliphatic heterocycles. The van der Waals surface area contributed by atoms with Crippen molar-refractivity contribution in [1.82, 2.24) is 9.80 Å². The van der Waals surface area contributed by atoms with Crippen molar-refractivity contribution >= 4 is 17.4 Å². The molecule has 2 fully saturated rings. The molecular weight excluding hydrogens is 508 g/mol. The second-order valence-corrected chi connectivity index (χ2v) is 9.33. The van der Waals surface area contributed by atoms with Gasteiger partial charge in [0, 0.05) is 31.7 Å². The van der Waals surface area contributed by atoms with E-state index in [0.29, 0.717) is 66.1 Å². The number of ketones is 1. The van der Waals surface area contributed by atoms with Gasteiger partial charge in [-0.15, -0.1) is 0 Å². The molecule has 2 aromatic carbocycles. The molecule has 0 bridgehead atoms. The molecule has 11 nitrogen and oxygen atoms in total. The fraction of sp³-hybridized carbons (Fsp3) is 0.429. The summed E-state index contributed by atoms with van der Waals surface area (Å²) < 4.78 is 32.8. The molecule has 1 unspecified atom stereocenters. The molecule has 2 aromatic rings. The molecule has 208 valence electrons. The summed E-state index contributed by atoms with van der Waals surface area (Å²) in [6, 6.07) is 7.38. The second kappa shape index (κ2) is 11.4. The number of fused-ring (bicyclic) bond motifs is 1. The van der Waals surface area contributed by atoms with Crippen LogP contribution in [0.5, 0.6) is 28.7 Å². The summed E-state index contributed by atoms with van der Waals surface area (Å²) in [5.41, 5.74) is 0.847. The molecular formula is C28H32N2O9. The number of morpholine rings is 1. The molecule has 1 amide bonds. The molecule has 0 saturated carbocycles. The Morgan fingerprint density at radius 2 is 1.64 bits per heavy atom.